The van der Waals surface area contributed by atoms with Gasteiger partial charge in [-0.3, -0.25) is 14.5 Å². The van der Waals surface area contributed by atoms with Gasteiger partial charge in [-0.15, -0.1) is 0 Å². The van der Waals surface area contributed by atoms with Gasteiger partial charge in [0.15, 0.2) is 6.61 Å². The number of H-pyrrole nitrogens is 1. The van der Waals surface area contributed by atoms with Crippen molar-refractivity contribution in [3.05, 3.63) is 52.8 Å². The molecule has 0 atom stereocenters. The number of hydrogen-bond donors (Lipinski definition) is 1. The number of aromatic nitrogens is 2. The van der Waals surface area contributed by atoms with Crippen LogP contribution in [-0.2, 0) is 16.1 Å². The summed E-state index contributed by atoms with van der Waals surface area (Å²) in [4.78, 5) is 35.7. The second kappa shape index (κ2) is 7.03. The van der Waals surface area contributed by atoms with Crippen LogP contribution in [0.5, 0.6) is 5.75 Å². The standard InChI is InChI=1S/C19H17BrN4O3/c1-23(9-17-21-13-4-2-3-5-14(13)22-17)18(25)10-24-15-7-6-12(20)8-16(15)27-11-19(24)26/h2-8H,9-11H2,1H3,(H,21,22). The second-order valence-corrected chi connectivity index (χ2v) is 7.25. The quantitative estimate of drug-likeness (QED) is 0.692. The van der Waals surface area contributed by atoms with Crippen LogP contribution in [0.1, 0.15) is 5.82 Å². The summed E-state index contributed by atoms with van der Waals surface area (Å²) in [5.74, 6) is 0.858. The number of rotatable bonds is 4. The van der Waals surface area contributed by atoms with E-state index in [1.807, 2.05) is 30.3 Å². The number of nitrogens with one attached hydrogen (secondary N) is 1. The van der Waals surface area contributed by atoms with E-state index in [2.05, 4.69) is 25.9 Å². The average Bonchev–Trinajstić information content (AvgIpc) is 3.06. The first-order chi connectivity index (χ1) is 13.0. The van der Waals surface area contributed by atoms with Crippen molar-refractivity contribution in [2.75, 3.05) is 25.1 Å². The zero-order valence-electron chi connectivity index (χ0n) is 14.6. The highest BCUT2D eigenvalue weighted by molar-refractivity contribution is 9.10. The van der Waals surface area contributed by atoms with Crippen LogP contribution < -0.4 is 9.64 Å². The smallest absolute Gasteiger partial charge is 0.265 e. The number of fused-ring (bicyclic) bond motifs is 2. The third-order valence-electron chi connectivity index (χ3n) is 4.41. The van der Waals surface area contributed by atoms with Gasteiger partial charge in [-0.1, -0.05) is 28.1 Å². The van der Waals surface area contributed by atoms with E-state index in [1.54, 1.807) is 24.1 Å². The molecule has 1 aromatic heterocycles. The van der Waals surface area contributed by atoms with Crippen molar-refractivity contribution in [2.45, 2.75) is 6.54 Å². The maximum Gasteiger partial charge on any atom is 0.265 e. The number of anilines is 1. The monoisotopic (exact) mass is 428 g/mol. The van der Waals surface area contributed by atoms with Crippen LogP contribution in [0.25, 0.3) is 11.0 Å². The van der Waals surface area contributed by atoms with Crippen LogP contribution in [0.3, 0.4) is 0 Å². The molecule has 1 aliphatic rings. The molecule has 2 aromatic carbocycles. The van der Waals surface area contributed by atoms with Crippen LogP contribution in [0.4, 0.5) is 5.69 Å². The summed E-state index contributed by atoms with van der Waals surface area (Å²) in [5, 5.41) is 0. The third kappa shape index (κ3) is 3.52. The summed E-state index contributed by atoms with van der Waals surface area (Å²) in [6.45, 7) is 0.205. The Labute approximate surface area is 164 Å². The number of hydrogen-bond acceptors (Lipinski definition) is 4. The number of aromatic amines is 1. The van der Waals surface area contributed by atoms with E-state index in [4.69, 9.17) is 4.74 Å². The molecule has 0 bridgehead atoms. The average molecular weight is 429 g/mol. The Hall–Kier alpha value is -2.87. The van der Waals surface area contributed by atoms with Crippen molar-refractivity contribution in [1.29, 1.82) is 0 Å². The molecule has 0 unspecified atom stereocenters. The topological polar surface area (TPSA) is 78.5 Å². The first kappa shape index (κ1) is 17.5. The van der Waals surface area contributed by atoms with E-state index < -0.39 is 0 Å². The normalized spacial score (nSPS) is 13.4. The molecule has 7 nitrogen and oxygen atoms in total. The molecule has 0 saturated heterocycles. The van der Waals surface area contributed by atoms with Gasteiger partial charge < -0.3 is 14.6 Å². The number of carbonyl (C=O) groups excluding carboxylic acids is 2. The maximum absolute atomic E-state index is 12.7. The highest BCUT2D eigenvalue weighted by Gasteiger charge is 2.28. The van der Waals surface area contributed by atoms with Crippen LogP contribution in [0.2, 0.25) is 0 Å². The Morgan fingerprint density at radius 2 is 2.15 bits per heavy atom. The molecule has 1 N–H and O–H groups in total. The zero-order valence-corrected chi connectivity index (χ0v) is 16.2. The van der Waals surface area contributed by atoms with Gasteiger partial charge in [0.2, 0.25) is 5.91 Å². The number of para-hydroxylation sites is 2. The van der Waals surface area contributed by atoms with Gasteiger partial charge in [-0.25, -0.2) is 4.98 Å². The molecule has 2 heterocycles. The van der Waals surface area contributed by atoms with Gasteiger partial charge in [-0.05, 0) is 30.3 Å². The minimum absolute atomic E-state index is 0.0481. The predicted octanol–water partition coefficient (Wildman–Crippen LogP) is 2.71. The number of benzene rings is 2. The molecule has 27 heavy (non-hydrogen) atoms. The molecule has 0 spiro atoms. The Morgan fingerprint density at radius 1 is 1.33 bits per heavy atom. The zero-order chi connectivity index (χ0) is 19.0. The predicted molar refractivity (Wildman–Crippen MR) is 105 cm³/mol. The van der Waals surface area contributed by atoms with Crippen LogP contribution >= 0.6 is 15.9 Å². The maximum atomic E-state index is 12.7. The fourth-order valence-corrected chi connectivity index (χ4v) is 3.34. The Kier molecular flexibility index (Phi) is 4.57. The molecule has 0 aliphatic carbocycles. The van der Waals surface area contributed by atoms with Crippen LogP contribution in [0, 0.1) is 0 Å². The Balaban J connectivity index is 1.49. The second-order valence-electron chi connectivity index (χ2n) is 6.33. The molecule has 0 radical (unpaired) electrons. The van der Waals surface area contributed by atoms with E-state index in [0.29, 0.717) is 23.8 Å². The van der Waals surface area contributed by atoms with Gasteiger partial charge >= 0.3 is 0 Å². The Morgan fingerprint density at radius 3 is 2.96 bits per heavy atom. The van der Waals surface area contributed by atoms with Crippen molar-refractivity contribution in [3.8, 4) is 5.75 Å². The third-order valence-corrected chi connectivity index (χ3v) is 4.90. The molecule has 138 valence electrons. The highest BCUT2D eigenvalue weighted by Crippen LogP contribution is 2.34. The minimum Gasteiger partial charge on any atom is -0.482 e. The van der Waals surface area contributed by atoms with Gasteiger partial charge in [0, 0.05) is 11.5 Å². The van der Waals surface area contributed by atoms with E-state index in [-0.39, 0.29) is 25.0 Å². The van der Waals surface area contributed by atoms with E-state index in [0.717, 1.165) is 15.5 Å². The van der Waals surface area contributed by atoms with Crippen molar-refractivity contribution in [2.24, 2.45) is 0 Å². The van der Waals surface area contributed by atoms with Gasteiger partial charge in [0.05, 0.1) is 23.3 Å². The van der Waals surface area contributed by atoms with E-state index in [9.17, 15) is 9.59 Å². The molecule has 0 saturated carbocycles. The summed E-state index contributed by atoms with van der Waals surface area (Å²) in [7, 11) is 1.70. The molecule has 2 amide bonds. The number of carbonyl (C=O) groups is 2. The SMILES string of the molecule is CN(Cc1nc2ccccc2[nH]1)C(=O)CN1C(=O)COc2cc(Br)ccc21. The summed E-state index contributed by atoms with van der Waals surface area (Å²) in [5.41, 5.74) is 2.38. The van der Waals surface area contributed by atoms with Crippen LogP contribution in [-0.4, -0.2) is 46.9 Å². The minimum atomic E-state index is -0.240. The van der Waals surface area contributed by atoms with Crippen molar-refractivity contribution in [3.63, 3.8) is 0 Å². The highest BCUT2D eigenvalue weighted by atomic mass is 79.9. The Bertz CT molecular complexity index is 1000. The number of amides is 2. The molecule has 1 aliphatic heterocycles. The number of likely N-dealkylation sites (N-methyl/N-ethyl adjacent to an activating group) is 1. The fourth-order valence-electron chi connectivity index (χ4n) is 3.00. The lowest BCUT2D eigenvalue weighted by Gasteiger charge is -2.30. The molecular formula is C19H17BrN4O3. The lowest BCUT2D eigenvalue weighted by atomic mass is 10.2. The number of ether oxygens (including phenoxy) is 1. The van der Waals surface area contributed by atoms with Gasteiger partial charge in [-0.2, -0.15) is 0 Å². The largest absolute Gasteiger partial charge is 0.482 e. The van der Waals surface area contributed by atoms with Crippen molar-refractivity contribution < 1.29 is 14.3 Å². The van der Waals surface area contributed by atoms with Gasteiger partial charge in [0.25, 0.3) is 5.91 Å². The molecular weight excluding hydrogens is 412 g/mol. The van der Waals surface area contributed by atoms with Gasteiger partial charge in [0.1, 0.15) is 18.1 Å². The molecule has 8 heteroatoms. The lowest BCUT2D eigenvalue weighted by Crippen LogP contribution is -2.45. The number of imidazole rings is 1. The lowest BCUT2D eigenvalue weighted by molar-refractivity contribution is -0.131. The number of nitrogens with zero attached hydrogens (tertiary/aromatic N) is 3. The van der Waals surface area contributed by atoms with E-state index in [1.165, 1.54) is 4.90 Å². The summed E-state index contributed by atoms with van der Waals surface area (Å²) >= 11 is 3.38. The summed E-state index contributed by atoms with van der Waals surface area (Å²) in [6.07, 6.45) is 0. The number of halogens is 1. The van der Waals surface area contributed by atoms with Crippen LogP contribution in [0.15, 0.2) is 46.9 Å². The van der Waals surface area contributed by atoms with Crippen molar-refractivity contribution in [1.82, 2.24) is 14.9 Å². The summed E-state index contributed by atoms with van der Waals surface area (Å²) < 4.78 is 6.31. The van der Waals surface area contributed by atoms with Crippen molar-refractivity contribution >= 4 is 44.5 Å². The molecule has 3 aromatic rings. The fraction of sp³-hybridized carbons (Fsp3) is 0.211. The first-order valence-electron chi connectivity index (χ1n) is 8.41. The molecule has 4 rings (SSSR count). The first-order valence-corrected chi connectivity index (χ1v) is 9.21. The summed E-state index contributed by atoms with van der Waals surface area (Å²) in [6, 6.07) is 13.1. The van der Waals surface area contributed by atoms with E-state index >= 15 is 0 Å². The molecule has 0 fully saturated rings.